The molecule has 256 valence electrons. The van der Waals surface area contributed by atoms with Gasteiger partial charge >= 0.3 is 11.9 Å². The van der Waals surface area contributed by atoms with Crippen LogP contribution in [0.15, 0.2) is 0 Å². The van der Waals surface area contributed by atoms with Crippen molar-refractivity contribution in [2.45, 2.75) is 179 Å². The summed E-state index contributed by atoms with van der Waals surface area (Å²) in [4.78, 5) is 29.9. The lowest BCUT2D eigenvalue weighted by Gasteiger charge is -2.64. The molecule has 12 aliphatic rings. The number of hydrogen-bond donors (Lipinski definition) is 0. The molecule has 0 saturated heterocycles. The van der Waals surface area contributed by atoms with Gasteiger partial charge in [0.05, 0.1) is 10.8 Å². The molecule has 0 aromatic heterocycles. The second-order valence-corrected chi connectivity index (χ2v) is 19.7. The number of hydrogen-bond acceptors (Lipinski definition) is 4. The van der Waals surface area contributed by atoms with Gasteiger partial charge in [-0.3, -0.25) is 9.59 Å². The predicted molar refractivity (Wildman–Crippen MR) is 180 cm³/mol. The number of carbonyl (C=O) groups is 2. The first kappa shape index (κ1) is 31.0. The molecular formula is C42H64O4. The molecule has 0 amide bonds. The lowest BCUT2D eigenvalue weighted by molar-refractivity contribution is -0.243. The van der Waals surface area contributed by atoms with Crippen LogP contribution < -0.4 is 0 Å². The number of carbonyl (C=O) groups excluding carboxylic acids is 2. The summed E-state index contributed by atoms with van der Waals surface area (Å²) in [5.41, 5.74) is -1.40. The Bertz CT molecular complexity index is 1040. The first-order chi connectivity index (χ1) is 22.3. The van der Waals surface area contributed by atoms with Crippen LogP contribution >= 0.6 is 0 Å². The van der Waals surface area contributed by atoms with E-state index in [1.807, 2.05) is 0 Å². The van der Waals surface area contributed by atoms with Gasteiger partial charge in [0.25, 0.3) is 0 Å². The van der Waals surface area contributed by atoms with Crippen molar-refractivity contribution >= 4 is 11.9 Å². The maximum absolute atomic E-state index is 14.9. The van der Waals surface area contributed by atoms with E-state index in [1.165, 1.54) is 109 Å². The molecule has 12 saturated carbocycles. The van der Waals surface area contributed by atoms with E-state index >= 15 is 0 Å². The van der Waals surface area contributed by atoms with Crippen LogP contribution in [0.25, 0.3) is 0 Å². The third-order valence-electron chi connectivity index (χ3n) is 16.9. The van der Waals surface area contributed by atoms with Crippen LogP contribution in [-0.2, 0) is 19.1 Å². The van der Waals surface area contributed by atoms with Crippen LogP contribution in [0.4, 0.5) is 0 Å². The number of esters is 2. The molecule has 0 heterocycles. The highest BCUT2D eigenvalue weighted by atomic mass is 16.6. The Balaban J connectivity index is 0.986. The van der Waals surface area contributed by atoms with Crippen LogP contribution in [0, 0.1) is 70.0 Å². The average Bonchev–Trinajstić information content (AvgIpc) is 3.01. The fraction of sp³-hybridized carbons (Fsp3) is 0.952. The SMILES string of the molecule is CCCCCC1(OC(=O)C23CC4CC(C2)CC(C(=O)OC2(CCCCC)C5CC6CC(C5)CC2C6)(C4)C3)C2CC3CC(C2)CC1C3. The quantitative estimate of drug-likeness (QED) is 0.159. The Morgan fingerprint density at radius 1 is 0.478 bits per heavy atom. The van der Waals surface area contributed by atoms with Crippen molar-refractivity contribution in [3.8, 4) is 0 Å². The summed E-state index contributed by atoms with van der Waals surface area (Å²) in [6.07, 6.45) is 28.3. The van der Waals surface area contributed by atoms with Crippen molar-refractivity contribution in [3.63, 3.8) is 0 Å². The molecule has 0 aromatic rings. The molecule has 4 heteroatoms. The van der Waals surface area contributed by atoms with Crippen molar-refractivity contribution in [1.29, 1.82) is 0 Å². The van der Waals surface area contributed by atoms with E-state index in [0.29, 0.717) is 41.9 Å². The molecule has 0 atom stereocenters. The van der Waals surface area contributed by atoms with Gasteiger partial charge in [-0.1, -0.05) is 39.5 Å². The van der Waals surface area contributed by atoms with Gasteiger partial charge in [0.15, 0.2) is 0 Å². The minimum absolute atomic E-state index is 0.120. The summed E-state index contributed by atoms with van der Waals surface area (Å²) in [6, 6.07) is 0. The lowest BCUT2D eigenvalue weighted by atomic mass is 9.43. The van der Waals surface area contributed by atoms with Crippen LogP contribution in [0.1, 0.15) is 168 Å². The van der Waals surface area contributed by atoms with E-state index in [1.54, 1.807) is 0 Å². The molecule has 0 aliphatic heterocycles. The first-order valence-electron chi connectivity index (χ1n) is 20.7. The van der Waals surface area contributed by atoms with Gasteiger partial charge in [-0.25, -0.2) is 0 Å². The summed E-state index contributed by atoms with van der Waals surface area (Å²) < 4.78 is 14.4. The van der Waals surface area contributed by atoms with Crippen LogP contribution in [-0.4, -0.2) is 23.1 Å². The normalized spacial score (nSPS) is 52.0. The van der Waals surface area contributed by atoms with Crippen LogP contribution in [0.3, 0.4) is 0 Å². The molecule has 0 radical (unpaired) electrons. The third-order valence-corrected chi connectivity index (χ3v) is 16.9. The second-order valence-electron chi connectivity index (χ2n) is 19.7. The van der Waals surface area contributed by atoms with E-state index in [0.717, 1.165) is 62.2 Å². The van der Waals surface area contributed by atoms with E-state index in [9.17, 15) is 9.59 Å². The smallest absolute Gasteiger partial charge is 0.312 e. The van der Waals surface area contributed by atoms with Gasteiger partial charge in [-0.05, 0) is 188 Å². The fourth-order valence-electron chi connectivity index (χ4n) is 15.8. The molecule has 4 nitrogen and oxygen atoms in total. The highest BCUT2D eigenvalue weighted by Gasteiger charge is 2.68. The van der Waals surface area contributed by atoms with Crippen molar-refractivity contribution < 1.29 is 19.1 Å². The van der Waals surface area contributed by atoms with E-state index in [-0.39, 0.29) is 23.1 Å². The van der Waals surface area contributed by atoms with Crippen molar-refractivity contribution in [3.05, 3.63) is 0 Å². The Morgan fingerprint density at radius 3 is 1.13 bits per heavy atom. The van der Waals surface area contributed by atoms with E-state index in [2.05, 4.69) is 13.8 Å². The highest BCUT2D eigenvalue weighted by molar-refractivity contribution is 5.83. The predicted octanol–water partition coefficient (Wildman–Crippen LogP) is 10.2. The van der Waals surface area contributed by atoms with Crippen molar-refractivity contribution in [1.82, 2.24) is 0 Å². The topological polar surface area (TPSA) is 52.6 Å². The summed E-state index contributed by atoms with van der Waals surface area (Å²) >= 11 is 0. The number of ether oxygens (including phenoxy) is 2. The first-order valence-corrected chi connectivity index (χ1v) is 20.7. The summed E-state index contributed by atoms with van der Waals surface area (Å²) in [5, 5.41) is 0. The largest absolute Gasteiger partial charge is 0.458 e. The van der Waals surface area contributed by atoms with Gasteiger partial charge in [0.1, 0.15) is 11.2 Å². The molecule has 12 aliphatic carbocycles. The zero-order valence-corrected chi connectivity index (χ0v) is 29.4. The highest BCUT2D eigenvalue weighted by Crippen LogP contribution is 2.69. The van der Waals surface area contributed by atoms with Crippen molar-refractivity contribution in [2.75, 3.05) is 0 Å². The van der Waals surface area contributed by atoms with Crippen LogP contribution in [0.2, 0.25) is 0 Å². The maximum atomic E-state index is 14.9. The standard InChI is InChI=1S/C42H64O4/c1-3-5-7-9-41(33-14-27-11-28(16-33)17-34(41)15-27)45-37(43)39-22-31-13-32(23-39)25-40(24-31,26-39)38(44)46-42(10-8-6-4-2)35-18-29-12-30(20-35)21-36(42)19-29/h27-36H,3-26H2,1-2H3. The molecule has 12 rings (SSSR count). The molecule has 0 aromatic carbocycles. The molecule has 0 spiro atoms. The average molecular weight is 633 g/mol. The molecular weight excluding hydrogens is 568 g/mol. The van der Waals surface area contributed by atoms with Gasteiger partial charge in [0, 0.05) is 0 Å². The minimum Gasteiger partial charge on any atom is -0.458 e. The maximum Gasteiger partial charge on any atom is 0.312 e. The second kappa shape index (κ2) is 11.2. The monoisotopic (exact) mass is 632 g/mol. The lowest BCUT2D eigenvalue weighted by Crippen LogP contribution is -2.64. The summed E-state index contributed by atoms with van der Waals surface area (Å²) in [6.45, 7) is 4.58. The molecule has 46 heavy (non-hydrogen) atoms. The zero-order valence-electron chi connectivity index (χ0n) is 29.4. The molecule has 12 fully saturated rings. The zero-order chi connectivity index (χ0) is 31.3. The molecule has 0 unspecified atom stereocenters. The number of unbranched alkanes of at least 4 members (excludes halogenated alkanes) is 4. The van der Waals surface area contributed by atoms with Crippen LogP contribution in [0.5, 0.6) is 0 Å². The Kier molecular flexibility index (Phi) is 7.56. The Hall–Kier alpha value is -1.06. The van der Waals surface area contributed by atoms with Gasteiger partial charge in [0.2, 0.25) is 0 Å². The van der Waals surface area contributed by atoms with Crippen molar-refractivity contribution in [2.24, 2.45) is 70.0 Å². The Morgan fingerprint density at radius 2 is 0.804 bits per heavy atom. The Labute approximate surface area is 279 Å². The molecule has 0 N–H and O–H groups in total. The van der Waals surface area contributed by atoms with Gasteiger partial charge in [-0.15, -0.1) is 0 Å². The van der Waals surface area contributed by atoms with Gasteiger partial charge in [-0.2, -0.15) is 0 Å². The van der Waals surface area contributed by atoms with E-state index in [4.69, 9.17) is 9.47 Å². The fourth-order valence-corrected chi connectivity index (χ4v) is 15.8. The summed E-state index contributed by atoms with van der Waals surface area (Å²) in [7, 11) is 0. The van der Waals surface area contributed by atoms with E-state index < -0.39 is 10.8 Å². The molecule has 12 bridgehead atoms. The summed E-state index contributed by atoms with van der Waals surface area (Å²) in [5.74, 6) is 6.94. The van der Waals surface area contributed by atoms with Gasteiger partial charge < -0.3 is 9.47 Å². The number of rotatable bonds is 12. The third kappa shape index (κ3) is 4.69. The minimum atomic E-state index is -0.463.